The highest BCUT2D eigenvalue weighted by molar-refractivity contribution is 7.89. The Labute approximate surface area is 118 Å². The summed E-state index contributed by atoms with van der Waals surface area (Å²) in [5, 5.41) is 8.83. The largest absolute Gasteiger partial charge is 0.260 e. The Balaban J connectivity index is 2.28. The van der Waals surface area contributed by atoms with Gasteiger partial charge in [0.25, 0.3) is 0 Å². The van der Waals surface area contributed by atoms with Gasteiger partial charge in [-0.3, -0.25) is 4.98 Å². The number of nitriles is 1. The standard InChI is InChI=1S/C14H13N3O2S/c1-17(11-13-6-2-3-8-16-13)20(18,19)14-7-4-5-12(9-14)10-15/h2-9H,11H2,1H3. The Morgan fingerprint density at radius 1 is 1.25 bits per heavy atom. The molecule has 2 rings (SSSR count). The molecular formula is C14H13N3O2S. The average Bonchev–Trinajstić information content (AvgIpc) is 2.48. The first-order valence-electron chi connectivity index (χ1n) is 5.90. The third-order valence-corrected chi connectivity index (χ3v) is 4.58. The summed E-state index contributed by atoms with van der Waals surface area (Å²) in [6.45, 7) is 0.181. The van der Waals surface area contributed by atoms with Gasteiger partial charge in [-0.1, -0.05) is 12.1 Å². The fourth-order valence-electron chi connectivity index (χ4n) is 1.71. The molecule has 1 aromatic carbocycles. The molecule has 5 nitrogen and oxygen atoms in total. The summed E-state index contributed by atoms with van der Waals surface area (Å²) in [5.74, 6) is 0. The van der Waals surface area contributed by atoms with Crippen molar-refractivity contribution < 1.29 is 8.42 Å². The molecule has 102 valence electrons. The topological polar surface area (TPSA) is 74.1 Å². The van der Waals surface area contributed by atoms with Gasteiger partial charge < -0.3 is 0 Å². The van der Waals surface area contributed by atoms with Crippen LogP contribution in [-0.2, 0) is 16.6 Å². The number of sulfonamides is 1. The van der Waals surface area contributed by atoms with E-state index in [1.54, 1.807) is 36.5 Å². The van der Waals surface area contributed by atoms with Crippen molar-refractivity contribution in [1.82, 2.24) is 9.29 Å². The molecule has 20 heavy (non-hydrogen) atoms. The summed E-state index contributed by atoms with van der Waals surface area (Å²) >= 11 is 0. The van der Waals surface area contributed by atoms with E-state index in [4.69, 9.17) is 5.26 Å². The van der Waals surface area contributed by atoms with Crippen molar-refractivity contribution >= 4 is 10.0 Å². The van der Waals surface area contributed by atoms with E-state index in [0.717, 1.165) is 0 Å². The summed E-state index contributed by atoms with van der Waals surface area (Å²) in [5.41, 5.74) is 0.979. The van der Waals surface area contributed by atoms with Crippen LogP contribution >= 0.6 is 0 Å². The lowest BCUT2D eigenvalue weighted by molar-refractivity contribution is 0.462. The van der Waals surface area contributed by atoms with Gasteiger partial charge in [0.2, 0.25) is 10.0 Å². The van der Waals surface area contributed by atoms with Crippen molar-refractivity contribution in [3.63, 3.8) is 0 Å². The average molecular weight is 287 g/mol. The minimum absolute atomic E-state index is 0.106. The minimum Gasteiger partial charge on any atom is -0.260 e. The quantitative estimate of drug-likeness (QED) is 0.859. The van der Waals surface area contributed by atoms with E-state index in [-0.39, 0.29) is 11.4 Å². The second-order valence-corrected chi connectivity index (χ2v) is 6.27. The summed E-state index contributed by atoms with van der Waals surface area (Å²) < 4.78 is 26.0. The Morgan fingerprint density at radius 2 is 2.05 bits per heavy atom. The van der Waals surface area contributed by atoms with Gasteiger partial charge >= 0.3 is 0 Å². The number of hydrogen-bond donors (Lipinski definition) is 0. The van der Waals surface area contributed by atoms with Gasteiger partial charge in [-0.15, -0.1) is 0 Å². The smallest absolute Gasteiger partial charge is 0.243 e. The maximum atomic E-state index is 12.4. The highest BCUT2D eigenvalue weighted by Crippen LogP contribution is 2.17. The van der Waals surface area contributed by atoms with Crippen molar-refractivity contribution in [2.75, 3.05) is 7.05 Å². The van der Waals surface area contributed by atoms with E-state index < -0.39 is 10.0 Å². The Morgan fingerprint density at radius 3 is 2.70 bits per heavy atom. The predicted octanol–water partition coefficient (Wildman–Crippen LogP) is 1.77. The lowest BCUT2D eigenvalue weighted by Crippen LogP contribution is -2.26. The number of rotatable bonds is 4. The zero-order chi connectivity index (χ0) is 14.6. The van der Waals surface area contributed by atoms with Crippen LogP contribution in [0.15, 0.2) is 53.6 Å². The third-order valence-electron chi connectivity index (χ3n) is 2.78. The van der Waals surface area contributed by atoms with E-state index >= 15 is 0 Å². The second kappa shape index (κ2) is 5.82. The molecular weight excluding hydrogens is 274 g/mol. The lowest BCUT2D eigenvalue weighted by atomic mass is 10.2. The molecule has 0 radical (unpaired) electrons. The molecule has 0 aliphatic heterocycles. The number of hydrogen-bond acceptors (Lipinski definition) is 4. The van der Waals surface area contributed by atoms with Crippen molar-refractivity contribution in [3.8, 4) is 6.07 Å². The Kier molecular flexibility index (Phi) is 4.13. The van der Waals surface area contributed by atoms with E-state index in [1.807, 2.05) is 6.07 Å². The highest BCUT2D eigenvalue weighted by atomic mass is 32.2. The van der Waals surface area contributed by atoms with Crippen molar-refractivity contribution in [2.24, 2.45) is 0 Å². The van der Waals surface area contributed by atoms with Crippen LogP contribution in [0.3, 0.4) is 0 Å². The molecule has 1 aromatic heterocycles. The van der Waals surface area contributed by atoms with Gasteiger partial charge in [-0.05, 0) is 30.3 Å². The Bertz CT molecular complexity index is 737. The van der Waals surface area contributed by atoms with Crippen LogP contribution in [0.2, 0.25) is 0 Å². The van der Waals surface area contributed by atoms with Gasteiger partial charge in [-0.2, -0.15) is 9.57 Å². The van der Waals surface area contributed by atoms with E-state index in [1.165, 1.54) is 23.5 Å². The Hall–Kier alpha value is -2.23. The molecule has 0 saturated heterocycles. The SMILES string of the molecule is CN(Cc1ccccn1)S(=O)(=O)c1cccc(C#N)c1. The molecule has 0 bridgehead atoms. The van der Waals surface area contributed by atoms with E-state index in [2.05, 4.69) is 4.98 Å². The summed E-state index contributed by atoms with van der Waals surface area (Å²) in [6.07, 6.45) is 1.62. The summed E-state index contributed by atoms with van der Waals surface area (Å²) in [4.78, 5) is 4.21. The lowest BCUT2D eigenvalue weighted by Gasteiger charge is -2.16. The molecule has 0 spiro atoms. The first-order valence-corrected chi connectivity index (χ1v) is 7.34. The highest BCUT2D eigenvalue weighted by Gasteiger charge is 2.21. The fraction of sp³-hybridized carbons (Fsp3) is 0.143. The molecule has 1 heterocycles. The maximum Gasteiger partial charge on any atom is 0.243 e. The van der Waals surface area contributed by atoms with Crippen LogP contribution in [0.4, 0.5) is 0 Å². The van der Waals surface area contributed by atoms with E-state index in [9.17, 15) is 8.42 Å². The molecule has 0 amide bonds. The first-order chi connectivity index (χ1) is 9.54. The maximum absolute atomic E-state index is 12.4. The number of nitrogens with zero attached hydrogens (tertiary/aromatic N) is 3. The van der Waals surface area contributed by atoms with Crippen LogP contribution in [0.5, 0.6) is 0 Å². The van der Waals surface area contributed by atoms with Gasteiger partial charge in [0.1, 0.15) is 0 Å². The fourth-order valence-corrected chi connectivity index (χ4v) is 2.90. The first kappa shape index (κ1) is 14.2. The van der Waals surface area contributed by atoms with E-state index in [0.29, 0.717) is 11.3 Å². The van der Waals surface area contributed by atoms with Crippen molar-refractivity contribution in [3.05, 3.63) is 59.9 Å². The van der Waals surface area contributed by atoms with Gasteiger partial charge in [-0.25, -0.2) is 8.42 Å². The van der Waals surface area contributed by atoms with Crippen LogP contribution in [0.1, 0.15) is 11.3 Å². The van der Waals surface area contributed by atoms with Gasteiger partial charge in [0, 0.05) is 13.2 Å². The molecule has 6 heteroatoms. The zero-order valence-corrected chi connectivity index (χ0v) is 11.7. The van der Waals surface area contributed by atoms with Crippen LogP contribution in [-0.4, -0.2) is 24.8 Å². The molecule has 0 aliphatic carbocycles. The molecule has 0 fully saturated rings. The molecule has 2 aromatic rings. The number of aromatic nitrogens is 1. The zero-order valence-electron chi connectivity index (χ0n) is 10.9. The monoisotopic (exact) mass is 287 g/mol. The molecule has 0 unspecified atom stereocenters. The molecule has 0 N–H and O–H groups in total. The number of pyridine rings is 1. The molecule has 0 aliphatic rings. The predicted molar refractivity (Wildman–Crippen MR) is 74.0 cm³/mol. The minimum atomic E-state index is -3.63. The van der Waals surface area contributed by atoms with Gasteiger partial charge in [0.15, 0.2) is 0 Å². The summed E-state index contributed by atoms with van der Waals surface area (Å²) in [6, 6.07) is 13.2. The van der Waals surface area contributed by atoms with Crippen molar-refractivity contribution in [2.45, 2.75) is 11.4 Å². The van der Waals surface area contributed by atoms with Crippen molar-refractivity contribution in [1.29, 1.82) is 5.26 Å². The third kappa shape index (κ3) is 3.02. The number of benzene rings is 1. The van der Waals surface area contributed by atoms with Crippen LogP contribution in [0.25, 0.3) is 0 Å². The summed E-state index contributed by atoms with van der Waals surface area (Å²) in [7, 11) is -2.14. The van der Waals surface area contributed by atoms with Gasteiger partial charge in [0.05, 0.1) is 28.8 Å². The normalized spacial score (nSPS) is 11.2. The van der Waals surface area contributed by atoms with Crippen LogP contribution in [0, 0.1) is 11.3 Å². The molecule has 0 saturated carbocycles. The molecule has 0 atom stereocenters. The second-order valence-electron chi connectivity index (χ2n) is 4.22. The van der Waals surface area contributed by atoms with Crippen LogP contribution < -0.4 is 0 Å².